The number of benzene rings is 1. The molecule has 138 valence electrons. The summed E-state index contributed by atoms with van der Waals surface area (Å²) in [7, 11) is 1.76. The molecule has 25 heavy (non-hydrogen) atoms. The molecule has 1 heterocycles. The summed E-state index contributed by atoms with van der Waals surface area (Å²) in [6.07, 6.45) is 0. The second-order valence-electron chi connectivity index (χ2n) is 5.72. The zero-order valence-corrected chi connectivity index (χ0v) is 18.1. The van der Waals surface area contributed by atoms with Crippen LogP contribution in [0.3, 0.4) is 0 Å². The molecule has 0 spiro atoms. The van der Waals surface area contributed by atoms with E-state index in [0.717, 1.165) is 11.7 Å². The van der Waals surface area contributed by atoms with Crippen LogP contribution in [0, 0.1) is 0 Å². The van der Waals surface area contributed by atoms with Crippen molar-refractivity contribution in [3.63, 3.8) is 0 Å². The highest BCUT2D eigenvalue weighted by atomic mass is 127. The van der Waals surface area contributed by atoms with E-state index in [0.29, 0.717) is 32.2 Å². The van der Waals surface area contributed by atoms with Crippen LogP contribution in [0.5, 0.6) is 0 Å². The average molecular weight is 474 g/mol. The third kappa shape index (κ3) is 8.15. The molecule has 0 saturated carbocycles. The second-order valence-corrected chi connectivity index (χ2v) is 6.61. The van der Waals surface area contributed by atoms with E-state index < -0.39 is 0 Å². The number of aliphatic imine (C=N–C) groups is 1. The summed E-state index contributed by atoms with van der Waals surface area (Å²) in [4.78, 5) is 8.82. The maximum absolute atomic E-state index is 5.65. The van der Waals surface area contributed by atoms with Crippen LogP contribution in [0.4, 0.5) is 0 Å². The van der Waals surface area contributed by atoms with E-state index in [-0.39, 0.29) is 24.0 Å². The standard InChI is InChI=1S/C18H26N4OS.HI/c1-14(2)17-22-16(13-24-17)11-21-18(19-3)20-9-10-23-12-15-7-5-4-6-8-15;/h4-8,13-14H,9-12H2,1-3H3,(H2,19,20,21);1H. The van der Waals surface area contributed by atoms with Crippen molar-refractivity contribution >= 4 is 41.3 Å². The van der Waals surface area contributed by atoms with Gasteiger partial charge in [-0.05, 0) is 5.56 Å². The fourth-order valence-electron chi connectivity index (χ4n) is 2.07. The van der Waals surface area contributed by atoms with Crippen LogP contribution < -0.4 is 10.6 Å². The Morgan fingerprint density at radius 3 is 2.64 bits per heavy atom. The maximum atomic E-state index is 5.65. The molecule has 1 aromatic carbocycles. The van der Waals surface area contributed by atoms with E-state index >= 15 is 0 Å². The lowest BCUT2D eigenvalue weighted by atomic mass is 10.2. The van der Waals surface area contributed by atoms with E-state index in [1.54, 1.807) is 18.4 Å². The fourth-order valence-corrected chi connectivity index (χ4v) is 2.90. The lowest BCUT2D eigenvalue weighted by molar-refractivity contribution is 0.125. The molecule has 0 amide bonds. The van der Waals surface area contributed by atoms with E-state index in [2.05, 4.69) is 52.0 Å². The van der Waals surface area contributed by atoms with Crippen LogP contribution in [0.25, 0.3) is 0 Å². The number of nitrogens with one attached hydrogen (secondary N) is 2. The predicted octanol–water partition coefficient (Wildman–Crippen LogP) is 3.77. The number of hydrogen-bond acceptors (Lipinski definition) is 4. The average Bonchev–Trinajstić information content (AvgIpc) is 3.07. The maximum Gasteiger partial charge on any atom is 0.191 e. The van der Waals surface area contributed by atoms with Gasteiger partial charge in [0.1, 0.15) is 0 Å². The van der Waals surface area contributed by atoms with Crippen LogP contribution >= 0.6 is 35.3 Å². The van der Waals surface area contributed by atoms with E-state index in [4.69, 9.17) is 4.74 Å². The highest BCUT2D eigenvalue weighted by molar-refractivity contribution is 14.0. The lowest BCUT2D eigenvalue weighted by Gasteiger charge is -2.11. The monoisotopic (exact) mass is 474 g/mol. The Hall–Kier alpha value is -1.19. The number of hydrogen-bond donors (Lipinski definition) is 2. The van der Waals surface area contributed by atoms with Gasteiger partial charge in [0.15, 0.2) is 5.96 Å². The van der Waals surface area contributed by atoms with Gasteiger partial charge in [-0.25, -0.2) is 4.98 Å². The molecule has 0 saturated heterocycles. The van der Waals surface area contributed by atoms with Crippen molar-refractivity contribution in [2.45, 2.75) is 32.9 Å². The van der Waals surface area contributed by atoms with Gasteiger partial charge in [0.2, 0.25) is 0 Å². The van der Waals surface area contributed by atoms with Gasteiger partial charge in [0, 0.05) is 24.9 Å². The highest BCUT2D eigenvalue weighted by Crippen LogP contribution is 2.18. The molecule has 1 aromatic heterocycles. The minimum absolute atomic E-state index is 0. The second kappa shape index (κ2) is 12.2. The fraction of sp³-hybridized carbons (Fsp3) is 0.444. The van der Waals surface area contributed by atoms with Crippen molar-refractivity contribution in [3.05, 3.63) is 52.0 Å². The molecule has 0 fully saturated rings. The Bertz CT molecular complexity index is 631. The third-order valence-electron chi connectivity index (χ3n) is 3.37. The van der Waals surface area contributed by atoms with Crippen molar-refractivity contribution < 1.29 is 4.74 Å². The molecule has 0 aliphatic heterocycles. The van der Waals surface area contributed by atoms with Gasteiger partial charge in [-0.2, -0.15) is 0 Å². The van der Waals surface area contributed by atoms with Crippen molar-refractivity contribution in [2.24, 2.45) is 4.99 Å². The number of rotatable bonds is 8. The number of ether oxygens (including phenoxy) is 1. The first-order chi connectivity index (χ1) is 11.7. The van der Waals surface area contributed by atoms with Gasteiger partial charge in [0.25, 0.3) is 0 Å². The third-order valence-corrected chi connectivity index (χ3v) is 4.57. The minimum atomic E-state index is 0. The van der Waals surface area contributed by atoms with Crippen LogP contribution in [-0.4, -0.2) is 31.1 Å². The van der Waals surface area contributed by atoms with Crippen molar-refractivity contribution in [1.29, 1.82) is 0 Å². The van der Waals surface area contributed by atoms with E-state index in [1.165, 1.54) is 10.6 Å². The Kier molecular flexibility index (Phi) is 10.7. The van der Waals surface area contributed by atoms with Crippen molar-refractivity contribution in [2.75, 3.05) is 20.2 Å². The molecule has 0 radical (unpaired) electrons. The molecular formula is C18H27IN4OS. The van der Waals surface area contributed by atoms with Crippen LogP contribution in [0.2, 0.25) is 0 Å². The number of nitrogens with zero attached hydrogens (tertiary/aromatic N) is 2. The molecule has 0 unspecified atom stereocenters. The largest absolute Gasteiger partial charge is 0.375 e. The zero-order valence-electron chi connectivity index (χ0n) is 15.0. The number of thiazole rings is 1. The Balaban J connectivity index is 0.00000312. The molecule has 2 N–H and O–H groups in total. The molecule has 2 rings (SSSR count). The van der Waals surface area contributed by atoms with Crippen LogP contribution in [-0.2, 0) is 17.9 Å². The van der Waals surface area contributed by atoms with Crippen molar-refractivity contribution in [3.8, 4) is 0 Å². The van der Waals surface area contributed by atoms with E-state index in [9.17, 15) is 0 Å². The Morgan fingerprint density at radius 1 is 1.24 bits per heavy atom. The van der Waals surface area contributed by atoms with Gasteiger partial charge >= 0.3 is 0 Å². The van der Waals surface area contributed by atoms with Gasteiger partial charge in [-0.1, -0.05) is 44.2 Å². The Morgan fingerprint density at radius 2 is 2.00 bits per heavy atom. The first-order valence-electron chi connectivity index (χ1n) is 8.19. The normalized spacial score (nSPS) is 11.3. The summed E-state index contributed by atoms with van der Waals surface area (Å²) in [6, 6.07) is 10.2. The highest BCUT2D eigenvalue weighted by Gasteiger charge is 2.06. The summed E-state index contributed by atoms with van der Waals surface area (Å²) in [5.74, 6) is 1.24. The summed E-state index contributed by atoms with van der Waals surface area (Å²) in [6.45, 7) is 6.96. The molecule has 0 aliphatic carbocycles. The summed E-state index contributed by atoms with van der Waals surface area (Å²) >= 11 is 1.71. The summed E-state index contributed by atoms with van der Waals surface area (Å²) in [5, 5.41) is 9.79. The van der Waals surface area contributed by atoms with Gasteiger partial charge in [0.05, 0.1) is 30.5 Å². The topological polar surface area (TPSA) is 58.5 Å². The lowest BCUT2D eigenvalue weighted by Crippen LogP contribution is -2.38. The van der Waals surface area contributed by atoms with Crippen LogP contribution in [0.15, 0.2) is 40.7 Å². The smallest absolute Gasteiger partial charge is 0.191 e. The summed E-state index contributed by atoms with van der Waals surface area (Å²) in [5.41, 5.74) is 2.23. The zero-order chi connectivity index (χ0) is 17.2. The Labute approximate surface area is 171 Å². The number of aromatic nitrogens is 1. The van der Waals surface area contributed by atoms with Gasteiger partial charge in [-0.3, -0.25) is 4.99 Å². The van der Waals surface area contributed by atoms with Crippen molar-refractivity contribution in [1.82, 2.24) is 15.6 Å². The molecular weight excluding hydrogens is 447 g/mol. The first-order valence-corrected chi connectivity index (χ1v) is 9.07. The molecule has 0 aliphatic rings. The molecule has 2 aromatic rings. The quantitative estimate of drug-likeness (QED) is 0.265. The summed E-state index contributed by atoms with van der Waals surface area (Å²) < 4.78 is 5.65. The molecule has 0 atom stereocenters. The van der Waals surface area contributed by atoms with Crippen LogP contribution in [0.1, 0.15) is 36.0 Å². The number of guanidine groups is 1. The minimum Gasteiger partial charge on any atom is -0.375 e. The first kappa shape index (κ1) is 21.9. The van der Waals surface area contributed by atoms with Gasteiger partial charge < -0.3 is 15.4 Å². The SMILES string of the molecule is CN=C(NCCOCc1ccccc1)NCc1csc(C(C)C)n1.I. The molecule has 7 heteroatoms. The predicted molar refractivity (Wildman–Crippen MR) is 116 cm³/mol. The molecule has 5 nitrogen and oxygen atoms in total. The van der Waals surface area contributed by atoms with E-state index in [1.807, 2.05) is 18.2 Å². The van der Waals surface area contributed by atoms with Gasteiger partial charge in [-0.15, -0.1) is 35.3 Å². The molecule has 0 bridgehead atoms. The number of halogens is 1.